The maximum absolute atomic E-state index is 13.2. The van der Waals surface area contributed by atoms with E-state index in [4.69, 9.17) is 37.9 Å². The van der Waals surface area contributed by atoms with Crippen molar-refractivity contribution in [2.24, 2.45) is 0 Å². The summed E-state index contributed by atoms with van der Waals surface area (Å²) in [6.45, 7) is 5.70. The number of esters is 1. The first kappa shape index (κ1) is 31.8. The van der Waals surface area contributed by atoms with Crippen molar-refractivity contribution in [2.75, 3.05) is 99.6 Å². The Morgan fingerprint density at radius 2 is 1.17 bits per heavy atom. The fourth-order valence-electron chi connectivity index (χ4n) is 2.49. The van der Waals surface area contributed by atoms with E-state index in [2.05, 4.69) is 0 Å². The minimum Gasteiger partial charge on any atom is -0.463 e. The van der Waals surface area contributed by atoms with Crippen LogP contribution in [0.4, 0.5) is 4.39 Å². The molecule has 1 aromatic rings. The number of aromatic amines is 1. The molecule has 36 heavy (non-hydrogen) atoms. The van der Waals surface area contributed by atoms with Crippen molar-refractivity contribution in [1.29, 1.82) is 0 Å². The third-order valence-corrected chi connectivity index (χ3v) is 4.31. The third kappa shape index (κ3) is 17.3. The average molecular weight is 525 g/mol. The van der Waals surface area contributed by atoms with Crippen LogP contribution in [0, 0.1) is 5.82 Å². The fourth-order valence-corrected chi connectivity index (χ4v) is 2.49. The van der Waals surface area contributed by atoms with Gasteiger partial charge in [0.15, 0.2) is 0 Å². The van der Waals surface area contributed by atoms with Crippen LogP contribution in [0.2, 0.25) is 0 Å². The first-order valence-corrected chi connectivity index (χ1v) is 11.6. The van der Waals surface area contributed by atoms with E-state index in [-0.39, 0.29) is 26.2 Å². The molecule has 0 aliphatic rings. The molecular weight excluding hydrogens is 487 g/mol. The van der Waals surface area contributed by atoms with Crippen molar-refractivity contribution >= 4 is 5.97 Å². The van der Waals surface area contributed by atoms with Crippen molar-refractivity contribution in [1.82, 2.24) is 9.55 Å². The Morgan fingerprint density at radius 1 is 0.750 bits per heavy atom. The highest BCUT2D eigenvalue weighted by Crippen LogP contribution is 1.93. The third-order valence-electron chi connectivity index (χ3n) is 4.31. The van der Waals surface area contributed by atoms with Gasteiger partial charge in [-0.1, -0.05) is 0 Å². The summed E-state index contributed by atoms with van der Waals surface area (Å²) in [5.41, 5.74) is -1.90. The molecule has 0 aliphatic heterocycles. The van der Waals surface area contributed by atoms with E-state index < -0.39 is 23.0 Å². The van der Waals surface area contributed by atoms with Crippen molar-refractivity contribution in [2.45, 2.75) is 13.0 Å². The molecule has 0 radical (unpaired) electrons. The number of nitrogens with one attached hydrogen (secondary N) is 1. The summed E-state index contributed by atoms with van der Waals surface area (Å²) in [7, 11) is 1.62. The van der Waals surface area contributed by atoms with E-state index in [9.17, 15) is 18.8 Å². The average Bonchev–Trinajstić information content (AvgIpc) is 2.86. The molecule has 1 N–H and O–H groups in total. The lowest BCUT2D eigenvalue weighted by molar-refractivity contribution is -0.145. The first-order valence-electron chi connectivity index (χ1n) is 11.6. The lowest BCUT2D eigenvalue weighted by atomic mass is 10.4. The van der Waals surface area contributed by atoms with Crippen molar-refractivity contribution in [3.8, 4) is 0 Å². The molecule has 13 nitrogen and oxygen atoms in total. The minimum atomic E-state index is -1.10. The molecule has 14 heteroatoms. The molecule has 0 unspecified atom stereocenters. The van der Waals surface area contributed by atoms with Crippen LogP contribution in [0.25, 0.3) is 0 Å². The number of aromatic nitrogens is 2. The second-order valence-corrected chi connectivity index (χ2v) is 7.07. The molecule has 1 heterocycles. The lowest BCUT2D eigenvalue weighted by Gasteiger charge is -2.09. The predicted molar refractivity (Wildman–Crippen MR) is 124 cm³/mol. The molecule has 0 bridgehead atoms. The van der Waals surface area contributed by atoms with Crippen LogP contribution >= 0.6 is 0 Å². The van der Waals surface area contributed by atoms with Gasteiger partial charge in [0.1, 0.15) is 6.61 Å². The van der Waals surface area contributed by atoms with Crippen LogP contribution in [-0.4, -0.2) is 115 Å². The van der Waals surface area contributed by atoms with E-state index in [1.54, 1.807) is 7.11 Å². The Morgan fingerprint density at radius 3 is 1.61 bits per heavy atom. The number of ether oxygens (including phenoxy) is 8. The predicted octanol–water partition coefficient (Wildman–Crippen LogP) is -0.645. The van der Waals surface area contributed by atoms with Gasteiger partial charge in [0.2, 0.25) is 5.82 Å². The normalized spacial score (nSPS) is 11.2. The largest absolute Gasteiger partial charge is 0.463 e. The summed E-state index contributed by atoms with van der Waals surface area (Å²) >= 11 is 0. The summed E-state index contributed by atoms with van der Waals surface area (Å²) in [6.07, 6.45) is 0.594. The topological polar surface area (TPSA) is 146 Å². The van der Waals surface area contributed by atoms with Crippen LogP contribution in [0.1, 0.15) is 6.42 Å². The monoisotopic (exact) mass is 524 g/mol. The molecule has 0 saturated carbocycles. The molecule has 0 saturated heterocycles. The first-order chi connectivity index (χ1) is 17.5. The molecule has 0 spiro atoms. The number of nitrogens with zero attached hydrogens (tertiary/aromatic N) is 1. The quantitative estimate of drug-likeness (QED) is 0.136. The number of carbonyl (C=O) groups is 1. The van der Waals surface area contributed by atoms with Gasteiger partial charge in [0, 0.05) is 13.7 Å². The number of carbonyl (C=O) groups excluding carboxylic acids is 1. The lowest BCUT2D eigenvalue weighted by Crippen LogP contribution is -2.32. The molecule has 0 amide bonds. The Kier molecular flexibility index (Phi) is 19.5. The SMILES string of the molecule is COCCOCCOCCOCCOCCOCCOCCOC(=O)CCn1cc(F)c(=O)[nH]c1=O. The van der Waals surface area contributed by atoms with Crippen LogP contribution < -0.4 is 11.2 Å². The molecular formula is C22H37FN2O11. The zero-order chi connectivity index (χ0) is 26.3. The molecule has 1 rings (SSSR count). The van der Waals surface area contributed by atoms with Gasteiger partial charge in [-0.3, -0.25) is 19.1 Å². The smallest absolute Gasteiger partial charge is 0.328 e. The highest BCUT2D eigenvalue weighted by Gasteiger charge is 2.07. The number of rotatable bonds is 24. The zero-order valence-electron chi connectivity index (χ0n) is 20.7. The van der Waals surface area contributed by atoms with Crippen LogP contribution in [-0.2, 0) is 49.2 Å². The number of methoxy groups -OCH3 is 1. The summed E-state index contributed by atoms with van der Waals surface area (Å²) in [5.74, 6) is -1.68. The van der Waals surface area contributed by atoms with Gasteiger partial charge >= 0.3 is 11.7 Å². The molecule has 1 aromatic heterocycles. The summed E-state index contributed by atoms with van der Waals surface area (Å²) in [6, 6.07) is 0. The van der Waals surface area contributed by atoms with Crippen LogP contribution in [0.3, 0.4) is 0 Å². The number of aryl methyl sites for hydroxylation is 1. The minimum absolute atomic E-state index is 0.0318. The van der Waals surface area contributed by atoms with E-state index in [1.807, 2.05) is 4.98 Å². The van der Waals surface area contributed by atoms with Gasteiger partial charge in [-0.25, -0.2) is 4.79 Å². The van der Waals surface area contributed by atoms with Gasteiger partial charge in [-0.2, -0.15) is 4.39 Å². The van der Waals surface area contributed by atoms with E-state index >= 15 is 0 Å². The number of hydrogen-bond donors (Lipinski definition) is 1. The van der Waals surface area contributed by atoms with Crippen LogP contribution in [0.5, 0.6) is 0 Å². The van der Waals surface area contributed by atoms with Gasteiger partial charge in [-0.15, -0.1) is 0 Å². The van der Waals surface area contributed by atoms with Crippen LogP contribution in [0.15, 0.2) is 15.8 Å². The summed E-state index contributed by atoms with van der Waals surface area (Å²) in [4.78, 5) is 35.9. The van der Waals surface area contributed by atoms with Gasteiger partial charge in [-0.05, 0) is 0 Å². The number of H-pyrrole nitrogens is 1. The highest BCUT2D eigenvalue weighted by molar-refractivity contribution is 5.69. The maximum Gasteiger partial charge on any atom is 0.328 e. The molecule has 0 aromatic carbocycles. The van der Waals surface area contributed by atoms with Crippen molar-refractivity contribution in [3.05, 3.63) is 32.9 Å². The standard InChI is InChI=1S/C22H37FN2O11/c1-29-4-5-30-6-7-31-8-9-32-10-11-33-12-13-34-14-15-35-16-17-36-20(26)2-3-25-18-19(23)21(27)24-22(25)28/h18H,2-17H2,1H3,(H,24,27,28). The van der Waals surface area contributed by atoms with Crippen molar-refractivity contribution in [3.63, 3.8) is 0 Å². The van der Waals surface area contributed by atoms with Gasteiger partial charge in [0.25, 0.3) is 5.56 Å². The Bertz CT molecular complexity index is 803. The molecule has 208 valence electrons. The Labute approximate surface area is 208 Å². The van der Waals surface area contributed by atoms with Gasteiger partial charge < -0.3 is 37.9 Å². The second kappa shape index (κ2) is 22.0. The molecule has 0 aliphatic carbocycles. The van der Waals surface area contributed by atoms with Gasteiger partial charge in [0.05, 0.1) is 98.5 Å². The second-order valence-electron chi connectivity index (χ2n) is 7.07. The van der Waals surface area contributed by atoms with E-state index in [1.165, 1.54) is 0 Å². The van der Waals surface area contributed by atoms with E-state index in [0.717, 1.165) is 10.8 Å². The zero-order valence-corrected chi connectivity index (χ0v) is 20.7. The summed E-state index contributed by atoms with van der Waals surface area (Å²) < 4.78 is 55.9. The Hall–Kier alpha value is -2.20. The molecule has 0 fully saturated rings. The maximum atomic E-state index is 13.2. The number of hydrogen-bond acceptors (Lipinski definition) is 11. The molecule has 0 atom stereocenters. The number of halogens is 1. The Balaban J connectivity index is 1.80. The summed E-state index contributed by atoms with van der Waals surface area (Å²) in [5, 5.41) is 0. The fraction of sp³-hybridized carbons (Fsp3) is 0.773. The van der Waals surface area contributed by atoms with Crippen molar-refractivity contribution < 1.29 is 47.1 Å². The van der Waals surface area contributed by atoms with E-state index in [0.29, 0.717) is 79.3 Å². The highest BCUT2D eigenvalue weighted by atomic mass is 19.1.